The molecule has 3 aromatic rings. The maximum Gasteiger partial charge on any atom is 0.289 e. The Balaban J connectivity index is 1.44. The van der Waals surface area contributed by atoms with Gasteiger partial charge >= 0.3 is 0 Å². The van der Waals surface area contributed by atoms with Crippen molar-refractivity contribution in [1.82, 2.24) is 14.5 Å². The Labute approximate surface area is 145 Å². The lowest BCUT2D eigenvalue weighted by molar-refractivity contribution is 0.0644. The van der Waals surface area contributed by atoms with Crippen molar-refractivity contribution >= 4 is 11.6 Å². The van der Waals surface area contributed by atoms with E-state index < -0.39 is 0 Å². The largest absolute Gasteiger partial charge is 0.459 e. The third-order valence-corrected chi connectivity index (χ3v) is 5.26. The van der Waals surface area contributed by atoms with Crippen LogP contribution in [-0.2, 0) is 5.54 Å². The van der Waals surface area contributed by atoms with Crippen LogP contribution in [0.25, 0.3) is 5.82 Å². The monoisotopic (exact) mass is 334 g/mol. The number of piperidine rings is 1. The molecule has 0 radical (unpaired) electrons. The molecule has 0 aromatic carbocycles. The molecule has 1 N–H and O–H groups in total. The molecule has 2 aliphatic rings. The molecule has 6 nitrogen and oxygen atoms in total. The smallest absolute Gasteiger partial charge is 0.289 e. The average molecular weight is 334 g/mol. The molecule has 3 aromatic heterocycles. The summed E-state index contributed by atoms with van der Waals surface area (Å²) in [5.41, 5.74) is 2.08. The lowest BCUT2D eigenvalue weighted by Gasteiger charge is -2.45. The fourth-order valence-electron chi connectivity index (χ4n) is 3.99. The summed E-state index contributed by atoms with van der Waals surface area (Å²) in [6, 6.07) is 11.7. The number of hydrogen-bond donors (Lipinski definition) is 1. The van der Waals surface area contributed by atoms with Crippen molar-refractivity contribution in [2.45, 2.75) is 18.4 Å². The van der Waals surface area contributed by atoms with Crippen LogP contribution in [0.5, 0.6) is 0 Å². The number of likely N-dealkylation sites (tertiary alicyclic amines) is 1. The Bertz CT molecular complexity index is 921. The van der Waals surface area contributed by atoms with Crippen LogP contribution in [0.1, 0.15) is 29.1 Å². The van der Waals surface area contributed by atoms with E-state index in [0.717, 1.165) is 24.3 Å². The molecule has 5 rings (SSSR count). The van der Waals surface area contributed by atoms with Crippen LogP contribution in [0, 0.1) is 0 Å². The highest BCUT2D eigenvalue weighted by atomic mass is 16.3. The number of furan rings is 1. The lowest BCUT2D eigenvalue weighted by Crippen LogP contribution is -2.51. The Morgan fingerprint density at radius 2 is 2.04 bits per heavy atom. The summed E-state index contributed by atoms with van der Waals surface area (Å²) in [7, 11) is 0. The molecule has 0 saturated carbocycles. The molecular formula is C19H18N4O2. The lowest BCUT2D eigenvalue weighted by atomic mass is 9.82. The number of hydrogen-bond acceptors (Lipinski definition) is 4. The maximum atomic E-state index is 12.5. The fourth-order valence-corrected chi connectivity index (χ4v) is 3.99. The average Bonchev–Trinajstić information content (AvgIpc) is 3.34. The number of fused-ring (bicyclic) bond motifs is 4. The standard InChI is InChI=1S/C19H18N4O2/c24-18(15-5-3-13-25-15)22-11-7-19(8-12-22)16-6-2-10-23(16)17-14(21-19)4-1-9-20-17/h1-6,9-10,13,21H,7-8,11-12H2. The van der Waals surface area contributed by atoms with Gasteiger partial charge in [0, 0.05) is 31.2 Å². The van der Waals surface area contributed by atoms with Gasteiger partial charge in [-0.1, -0.05) is 0 Å². The van der Waals surface area contributed by atoms with Crippen LogP contribution in [0.2, 0.25) is 0 Å². The molecule has 6 heteroatoms. The minimum atomic E-state index is -0.167. The Morgan fingerprint density at radius 1 is 1.16 bits per heavy atom. The summed E-state index contributed by atoms with van der Waals surface area (Å²) < 4.78 is 7.42. The third-order valence-electron chi connectivity index (χ3n) is 5.26. The number of nitrogens with one attached hydrogen (secondary N) is 1. The van der Waals surface area contributed by atoms with Crippen LogP contribution in [0.15, 0.2) is 59.5 Å². The normalized spacial score (nSPS) is 17.7. The van der Waals surface area contributed by atoms with Gasteiger partial charge in [0.2, 0.25) is 0 Å². The van der Waals surface area contributed by atoms with Gasteiger partial charge in [-0.3, -0.25) is 4.79 Å². The van der Waals surface area contributed by atoms with E-state index in [1.165, 1.54) is 12.0 Å². The highest BCUT2D eigenvalue weighted by Gasteiger charge is 2.42. The van der Waals surface area contributed by atoms with Gasteiger partial charge in [0.05, 0.1) is 17.5 Å². The van der Waals surface area contributed by atoms with E-state index in [9.17, 15) is 4.79 Å². The molecule has 0 aliphatic carbocycles. The molecule has 0 atom stereocenters. The number of anilines is 1. The van der Waals surface area contributed by atoms with E-state index in [1.54, 1.807) is 12.1 Å². The van der Waals surface area contributed by atoms with Crippen molar-refractivity contribution in [3.8, 4) is 5.82 Å². The number of carbonyl (C=O) groups excluding carboxylic acids is 1. The van der Waals surface area contributed by atoms with E-state index in [-0.39, 0.29) is 11.4 Å². The van der Waals surface area contributed by atoms with Gasteiger partial charge in [0.15, 0.2) is 11.6 Å². The van der Waals surface area contributed by atoms with E-state index in [1.807, 2.05) is 17.2 Å². The van der Waals surface area contributed by atoms with Gasteiger partial charge in [-0.15, -0.1) is 0 Å². The molecule has 0 bridgehead atoms. The highest BCUT2D eigenvalue weighted by molar-refractivity contribution is 5.91. The number of aromatic nitrogens is 2. The van der Waals surface area contributed by atoms with Crippen LogP contribution in [0.4, 0.5) is 5.69 Å². The number of rotatable bonds is 1. The molecule has 5 heterocycles. The number of amides is 1. The zero-order valence-corrected chi connectivity index (χ0v) is 13.7. The SMILES string of the molecule is O=C(c1ccco1)N1CCC2(CC1)Nc1cccnc1-n1cccc12. The van der Waals surface area contributed by atoms with Crippen molar-refractivity contribution < 1.29 is 9.21 Å². The van der Waals surface area contributed by atoms with Gasteiger partial charge in [-0.05, 0) is 49.2 Å². The quantitative estimate of drug-likeness (QED) is 0.743. The molecule has 1 spiro atoms. The zero-order chi connectivity index (χ0) is 16.9. The molecule has 1 fully saturated rings. The van der Waals surface area contributed by atoms with E-state index in [2.05, 4.69) is 39.3 Å². The first-order valence-corrected chi connectivity index (χ1v) is 8.51. The van der Waals surface area contributed by atoms with Crippen molar-refractivity contribution in [2.75, 3.05) is 18.4 Å². The van der Waals surface area contributed by atoms with E-state index in [0.29, 0.717) is 18.8 Å². The Morgan fingerprint density at radius 3 is 2.84 bits per heavy atom. The minimum Gasteiger partial charge on any atom is -0.459 e. The van der Waals surface area contributed by atoms with Crippen LogP contribution in [-0.4, -0.2) is 33.4 Å². The minimum absolute atomic E-state index is 0.0342. The predicted molar refractivity (Wildman–Crippen MR) is 92.7 cm³/mol. The first-order chi connectivity index (χ1) is 12.3. The molecule has 25 heavy (non-hydrogen) atoms. The second-order valence-corrected chi connectivity index (χ2v) is 6.61. The van der Waals surface area contributed by atoms with Crippen molar-refractivity contribution in [1.29, 1.82) is 0 Å². The van der Waals surface area contributed by atoms with E-state index in [4.69, 9.17) is 4.42 Å². The molecule has 1 amide bonds. The molecule has 0 unspecified atom stereocenters. The van der Waals surface area contributed by atoms with Crippen molar-refractivity contribution in [3.63, 3.8) is 0 Å². The predicted octanol–water partition coefficient (Wildman–Crippen LogP) is 3.02. The van der Waals surface area contributed by atoms with Crippen LogP contribution >= 0.6 is 0 Å². The van der Waals surface area contributed by atoms with Crippen LogP contribution in [0.3, 0.4) is 0 Å². The summed E-state index contributed by atoms with van der Waals surface area (Å²) in [4.78, 5) is 18.9. The molecule has 126 valence electrons. The topological polar surface area (TPSA) is 63.3 Å². The van der Waals surface area contributed by atoms with Gasteiger partial charge in [0.1, 0.15) is 0 Å². The number of nitrogens with zero attached hydrogens (tertiary/aromatic N) is 3. The fraction of sp³-hybridized carbons (Fsp3) is 0.263. The molecular weight excluding hydrogens is 316 g/mol. The highest BCUT2D eigenvalue weighted by Crippen LogP contribution is 2.42. The maximum absolute atomic E-state index is 12.5. The Kier molecular flexibility index (Phi) is 3.00. The van der Waals surface area contributed by atoms with Gasteiger partial charge in [0.25, 0.3) is 5.91 Å². The second kappa shape index (κ2) is 5.24. The summed E-state index contributed by atoms with van der Waals surface area (Å²) in [5.74, 6) is 1.31. The summed E-state index contributed by atoms with van der Waals surface area (Å²) in [6.45, 7) is 1.38. The third kappa shape index (κ3) is 2.10. The Hall–Kier alpha value is -3.02. The van der Waals surface area contributed by atoms with Crippen molar-refractivity contribution in [3.05, 3.63) is 66.5 Å². The molecule has 1 saturated heterocycles. The number of carbonyl (C=O) groups is 1. The zero-order valence-electron chi connectivity index (χ0n) is 13.7. The van der Waals surface area contributed by atoms with Gasteiger partial charge in [-0.25, -0.2) is 4.98 Å². The second-order valence-electron chi connectivity index (χ2n) is 6.61. The summed E-state index contributed by atoms with van der Waals surface area (Å²) >= 11 is 0. The summed E-state index contributed by atoms with van der Waals surface area (Å²) in [6.07, 6.45) is 7.10. The number of pyridine rings is 1. The van der Waals surface area contributed by atoms with Gasteiger partial charge in [-0.2, -0.15) is 0 Å². The van der Waals surface area contributed by atoms with Gasteiger partial charge < -0.3 is 19.2 Å². The molecule has 2 aliphatic heterocycles. The van der Waals surface area contributed by atoms with E-state index >= 15 is 0 Å². The van der Waals surface area contributed by atoms with Crippen molar-refractivity contribution in [2.24, 2.45) is 0 Å². The summed E-state index contributed by atoms with van der Waals surface area (Å²) in [5, 5.41) is 3.70. The van der Waals surface area contributed by atoms with Crippen LogP contribution < -0.4 is 5.32 Å². The first kappa shape index (κ1) is 14.3. The first-order valence-electron chi connectivity index (χ1n) is 8.51.